The van der Waals surface area contributed by atoms with Crippen molar-refractivity contribution in [2.75, 3.05) is 38.3 Å². The van der Waals surface area contributed by atoms with Crippen LogP contribution in [0.2, 0.25) is 0 Å². The lowest BCUT2D eigenvalue weighted by Gasteiger charge is -2.37. The molecule has 0 amide bonds. The number of hydrogen-bond donors (Lipinski definition) is 2. The maximum absolute atomic E-state index is 9.68. The van der Waals surface area contributed by atoms with Crippen molar-refractivity contribution in [1.29, 1.82) is 0 Å². The Bertz CT molecular complexity index is 459. The van der Waals surface area contributed by atoms with Gasteiger partial charge in [0, 0.05) is 32.4 Å². The Labute approximate surface area is 139 Å². The van der Waals surface area contributed by atoms with Gasteiger partial charge in [0.25, 0.3) is 0 Å². The average Bonchev–Trinajstić information content (AvgIpc) is 2.51. The second kappa shape index (κ2) is 9.23. The largest absolute Gasteiger partial charge is 0.391 e. The van der Waals surface area contributed by atoms with Gasteiger partial charge >= 0.3 is 0 Å². The summed E-state index contributed by atoms with van der Waals surface area (Å²) in [5, 5.41) is 13.1. The minimum Gasteiger partial charge on any atom is -0.391 e. The molecule has 1 aromatic carbocycles. The first kappa shape index (κ1) is 18.2. The fourth-order valence-corrected chi connectivity index (χ4v) is 3.11. The van der Waals surface area contributed by atoms with Crippen molar-refractivity contribution in [3.8, 4) is 0 Å². The Morgan fingerprint density at radius 1 is 1.30 bits per heavy atom. The van der Waals surface area contributed by atoms with E-state index in [4.69, 9.17) is 9.47 Å². The molecule has 1 fully saturated rings. The predicted octanol–water partition coefficient (Wildman–Crippen LogP) is 1.79. The van der Waals surface area contributed by atoms with E-state index in [1.807, 2.05) is 0 Å². The Morgan fingerprint density at radius 2 is 2.00 bits per heavy atom. The molecule has 0 bridgehead atoms. The first-order valence-electron chi connectivity index (χ1n) is 8.46. The molecule has 0 saturated carbocycles. The number of aliphatic hydroxyl groups excluding tert-OH is 1. The van der Waals surface area contributed by atoms with E-state index in [1.54, 1.807) is 7.11 Å². The number of rotatable bonds is 8. The molecule has 23 heavy (non-hydrogen) atoms. The number of benzene rings is 1. The van der Waals surface area contributed by atoms with Crippen molar-refractivity contribution in [2.45, 2.75) is 45.1 Å². The third-order valence-electron chi connectivity index (χ3n) is 4.08. The number of ether oxygens (including phenoxy) is 2. The average molecular weight is 322 g/mol. The first-order valence-corrected chi connectivity index (χ1v) is 8.46. The summed E-state index contributed by atoms with van der Waals surface area (Å²) in [5.41, 5.74) is 2.56. The quantitative estimate of drug-likeness (QED) is 0.715. The molecule has 2 N–H and O–H groups in total. The number of methoxy groups -OCH3 is 1. The molecular weight excluding hydrogens is 292 g/mol. The van der Waals surface area contributed by atoms with E-state index in [1.165, 1.54) is 11.3 Å². The number of para-hydroxylation sites is 1. The van der Waals surface area contributed by atoms with Crippen LogP contribution in [0, 0.1) is 0 Å². The van der Waals surface area contributed by atoms with Gasteiger partial charge in [0.2, 0.25) is 0 Å². The van der Waals surface area contributed by atoms with Crippen LogP contribution >= 0.6 is 0 Å². The van der Waals surface area contributed by atoms with Gasteiger partial charge < -0.3 is 24.8 Å². The van der Waals surface area contributed by atoms with Gasteiger partial charge in [-0.05, 0) is 38.4 Å². The smallest absolute Gasteiger partial charge is 0.0785 e. The van der Waals surface area contributed by atoms with Gasteiger partial charge in [0.05, 0.1) is 24.9 Å². The van der Waals surface area contributed by atoms with Crippen LogP contribution in [0.25, 0.3) is 0 Å². The summed E-state index contributed by atoms with van der Waals surface area (Å²) in [6, 6.07) is 8.51. The molecule has 0 aliphatic carbocycles. The Morgan fingerprint density at radius 3 is 2.70 bits per heavy atom. The van der Waals surface area contributed by atoms with Gasteiger partial charge in [-0.25, -0.2) is 0 Å². The topological polar surface area (TPSA) is 54.0 Å². The molecule has 0 aromatic heterocycles. The number of anilines is 1. The van der Waals surface area contributed by atoms with E-state index in [-0.39, 0.29) is 12.2 Å². The second-order valence-electron chi connectivity index (χ2n) is 6.37. The van der Waals surface area contributed by atoms with Crippen LogP contribution in [-0.4, -0.2) is 56.8 Å². The highest BCUT2D eigenvalue weighted by Crippen LogP contribution is 2.24. The van der Waals surface area contributed by atoms with Crippen LogP contribution in [0.15, 0.2) is 24.3 Å². The van der Waals surface area contributed by atoms with Crippen LogP contribution < -0.4 is 10.2 Å². The third-order valence-corrected chi connectivity index (χ3v) is 4.08. The number of aliphatic hydroxyl groups is 1. The van der Waals surface area contributed by atoms with Gasteiger partial charge in [-0.15, -0.1) is 0 Å². The fourth-order valence-electron chi connectivity index (χ4n) is 3.11. The number of morpholine rings is 1. The van der Waals surface area contributed by atoms with Crippen molar-refractivity contribution < 1.29 is 14.6 Å². The molecule has 1 aliphatic heterocycles. The van der Waals surface area contributed by atoms with Crippen LogP contribution in [0.5, 0.6) is 0 Å². The lowest BCUT2D eigenvalue weighted by molar-refractivity contribution is -0.00526. The van der Waals surface area contributed by atoms with Crippen LogP contribution in [0.3, 0.4) is 0 Å². The van der Waals surface area contributed by atoms with Crippen molar-refractivity contribution in [3.05, 3.63) is 29.8 Å². The molecule has 1 aromatic rings. The summed E-state index contributed by atoms with van der Waals surface area (Å²) >= 11 is 0. The highest BCUT2D eigenvalue weighted by molar-refractivity contribution is 5.54. The van der Waals surface area contributed by atoms with Gasteiger partial charge in [-0.3, -0.25) is 0 Å². The molecule has 130 valence electrons. The number of hydrogen-bond acceptors (Lipinski definition) is 5. The van der Waals surface area contributed by atoms with Crippen LogP contribution in [0.4, 0.5) is 5.69 Å². The van der Waals surface area contributed by atoms with Crippen LogP contribution in [-0.2, 0) is 16.0 Å². The van der Waals surface area contributed by atoms with E-state index < -0.39 is 6.10 Å². The van der Waals surface area contributed by atoms with E-state index in [0.29, 0.717) is 13.0 Å². The standard InChI is InChI=1S/C18H30N2O3/c1-14-11-20(12-15(2)23-14)18-7-5-4-6-16(18)10-19-9-8-17(21)13-22-3/h4-7,14-15,17,19,21H,8-13H2,1-3H3. The van der Waals surface area contributed by atoms with Crippen molar-refractivity contribution in [2.24, 2.45) is 0 Å². The maximum Gasteiger partial charge on any atom is 0.0785 e. The molecule has 3 unspecified atom stereocenters. The second-order valence-corrected chi connectivity index (χ2v) is 6.37. The summed E-state index contributed by atoms with van der Waals surface area (Å²) in [7, 11) is 1.61. The molecule has 1 heterocycles. The van der Waals surface area contributed by atoms with Crippen molar-refractivity contribution >= 4 is 5.69 Å². The predicted molar refractivity (Wildman–Crippen MR) is 92.9 cm³/mol. The van der Waals surface area contributed by atoms with Crippen molar-refractivity contribution in [3.63, 3.8) is 0 Å². The third kappa shape index (κ3) is 5.77. The Kier molecular flexibility index (Phi) is 7.30. The maximum atomic E-state index is 9.68. The summed E-state index contributed by atoms with van der Waals surface area (Å²) in [5.74, 6) is 0. The molecule has 0 spiro atoms. The first-order chi connectivity index (χ1) is 11.1. The van der Waals surface area contributed by atoms with Crippen LogP contribution in [0.1, 0.15) is 25.8 Å². The van der Waals surface area contributed by atoms with Gasteiger partial charge in [-0.2, -0.15) is 0 Å². The van der Waals surface area contributed by atoms with Gasteiger partial charge in [0.15, 0.2) is 0 Å². The van der Waals surface area contributed by atoms with E-state index in [2.05, 4.69) is 48.3 Å². The minimum atomic E-state index is -0.399. The SMILES string of the molecule is COCC(O)CCNCc1ccccc1N1CC(C)OC(C)C1. The zero-order chi connectivity index (χ0) is 16.7. The normalized spacial score (nSPS) is 23.0. The molecule has 5 nitrogen and oxygen atoms in total. The van der Waals surface area contributed by atoms with Gasteiger partial charge in [-0.1, -0.05) is 18.2 Å². The number of nitrogens with one attached hydrogen (secondary N) is 1. The lowest BCUT2D eigenvalue weighted by Crippen LogP contribution is -2.46. The van der Waals surface area contributed by atoms with E-state index in [9.17, 15) is 5.11 Å². The summed E-state index contributed by atoms with van der Waals surface area (Å²) in [4.78, 5) is 2.41. The highest BCUT2D eigenvalue weighted by Gasteiger charge is 2.23. The summed E-state index contributed by atoms with van der Waals surface area (Å²) < 4.78 is 10.8. The minimum absolute atomic E-state index is 0.254. The molecule has 1 aliphatic rings. The molecule has 1 saturated heterocycles. The van der Waals surface area contributed by atoms with Crippen molar-refractivity contribution in [1.82, 2.24) is 5.32 Å². The van der Waals surface area contributed by atoms with E-state index >= 15 is 0 Å². The highest BCUT2D eigenvalue weighted by atomic mass is 16.5. The molecule has 5 heteroatoms. The Hall–Kier alpha value is -1.14. The lowest BCUT2D eigenvalue weighted by atomic mass is 10.1. The summed E-state index contributed by atoms with van der Waals surface area (Å²) in [6.07, 6.45) is 0.804. The number of nitrogens with zero attached hydrogens (tertiary/aromatic N) is 1. The molecule has 0 radical (unpaired) electrons. The molecular formula is C18H30N2O3. The molecule has 3 atom stereocenters. The zero-order valence-electron chi connectivity index (χ0n) is 14.5. The summed E-state index contributed by atoms with van der Waals surface area (Å²) in [6.45, 7) is 8.07. The Balaban J connectivity index is 1.90. The fraction of sp³-hybridized carbons (Fsp3) is 0.667. The van der Waals surface area contributed by atoms with E-state index in [0.717, 1.165) is 26.2 Å². The molecule has 2 rings (SSSR count). The van der Waals surface area contributed by atoms with Gasteiger partial charge in [0.1, 0.15) is 0 Å². The zero-order valence-corrected chi connectivity index (χ0v) is 14.5. The monoisotopic (exact) mass is 322 g/mol.